The summed E-state index contributed by atoms with van der Waals surface area (Å²) < 4.78 is 18.7. The largest absolute Gasteiger partial charge is 0.490 e. The fourth-order valence-electron chi connectivity index (χ4n) is 3.20. The fourth-order valence-corrected chi connectivity index (χ4v) is 4.22. The van der Waals surface area contributed by atoms with Crippen LogP contribution in [0.5, 0.6) is 11.5 Å². The van der Waals surface area contributed by atoms with Crippen LogP contribution in [0.3, 0.4) is 0 Å². The molecule has 1 aromatic heterocycles. The van der Waals surface area contributed by atoms with Crippen LogP contribution in [0.15, 0.2) is 43.1 Å². The number of ether oxygens (including phenoxy) is 3. The molecule has 35 heavy (non-hydrogen) atoms. The van der Waals surface area contributed by atoms with Gasteiger partial charge in [-0.05, 0) is 54.0 Å². The van der Waals surface area contributed by atoms with Gasteiger partial charge in [-0.1, -0.05) is 41.4 Å². The van der Waals surface area contributed by atoms with E-state index in [0.29, 0.717) is 39.1 Å². The molecule has 186 valence electrons. The van der Waals surface area contributed by atoms with E-state index >= 15 is 0 Å². The fraction of sp³-hybridized carbons (Fsp3) is 0.333. The van der Waals surface area contributed by atoms with Gasteiger partial charge in [-0.15, -0.1) is 0 Å². The normalized spacial score (nSPS) is 11.4. The summed E-state index contributed by atoms with van der Waals surface area (Å²) in [5, 5.41) is 5.08. The van der Waals surface area contributed by atoms with Gasteiger partial charge in [-0.2, -0.15) is 9.78 Å². The van der Waals surface area contributed by atoms with Crippen LogP contribution in [-0.4, -0.2) is 41.7 Å². The molecule has 0 N–H and O–H groups in total. The highest BCUT2D eigenvalue weighted by atomic mass is 79.9. The molecule has 8 nitrogen and oxygen atoms in total. The Morgan fingerprint density at radius 1 is 1.20 bits per heavy atom. The lowest BCUT2D eigenvalue weighted by Gasteiger charge is -2.16. The van der Waals surface area contributed by atoms with Crippen LogP contribution < -0.4 is 15.0 Å². The highest BCUT2D eigenvalue weighted by molar-refractivity contribution is 9.10. The monoisotopic (exact) mass is 627 g/mol. The molecule has 0 amide bonds. The maximum Gasteiger partial charge on any atom is 0.344 e. The van der Waals surface area contributed by atoms with Gasteiger partial charge in [0.15, 0.2) is 18.1 Å². The van der Waals surface area contributed by atoms with Crippen molar-refractivity contribution in [1.82, 2.24) is 9.66 Å². The summed E-state index contributed by atoms with van der Waals surface area (Å²) in [6.45, 7) is 7.66. The zero-order valence-corrected chi connectivity index (χ0v) is 23.5. The van der Waals surface area contributed by atoms with Gasteiger partial charge in [0, 0.05) is 20.4 Å². The smallest absolute Gasteiger partial charge is 0.344 e. The maximum atomic E-state index is 13.3. The molecule has 0 aliphatic heterocycles. The summed E-state index contributed by atoms with van der Waals surface area (Å²) in [7, 11) is 0. The summed E-state index contributed by atoms with van der Waals surface area (Å²) >= 11 is 13.4. The Labute approximate surface area is 224 Å². The number of esters is 1. The SMILES string of the molecule is CCOC(=O)COc1c(OCC)cc(C=Nn2c(C(C)C)nc3ccc(Br)cc3c2=O)c(Br)c1Cl. The molecule has 0 aliphatic rings. The molecule has 0 saturated carbocycles. The second-order valence-corrected chi connectivity index (χ2v) is 9.68. The van der Waals surface area contributed by atoms with Crippen molar-refractivity contribution in [2.45, 2.75) is 33.6 Å². The molecule has 0 atom stereocenters. The number of halogens is 3. The molecule has 0 radical (unpaired) electrons. The van der Waals surface area contributed by atoms with E-state index in [1.807, 2.05) is 26.8 Å². The number of nitrogens with zero attached hydrogens (tertiary/aromatic N) is 3. The molecule has 0 saturated heterocycles. The van der Waals surface area contributed by atoms with Gasteiger partial charge in [-0.3, -0.25) is 4.79 Å². The summed E-state index contributed by atoms with van der Waals surface area (Å²) in [5.41, 5.74) is 0.843. The third-order valence-corrected chi connectivity index (χ3v) is 6.69. The van der Waals surface area contributed by atoms with E-state index in [1.54, 1.807) is 25.1 Å². The summed E-state index contributed by atoms with van der Waals surface area (Å²) in [5.74, 6) is 0.454. The van der Waals surface area contributed by atoms with Crippen molar-refractivity contribution in [2.75, 3.05) is 19.8 Å². The van der Waals surface area contributed by atoms with Crippen LogP contribution in [0, 0.1) is 0 Å². The van der Waals surface area contributed by atoms with E-state index in [0.717, 1.165) is 4.47 Å². The second-order valence-electron chi connectivity index (χ2n) is 7.60. The van der Waals surface area contributed by atoms with Crippen LogP contribution in [-0.2, 0) is 9.53 Å². The average molecular weight is 630 g/mol. The quantitative estimate of drug-likeness (QED) is 0.216. The average Bonchev–Trinajstić information content (AvgIpc) is 2.81. The first-order valence-corrected chi connectivity index (χ1v) is 12.8. The van der Waals surface area contributed by atoms with Crippen molar-refractivity contribution in [2.24, 2.45) is 5.10 Å². The Morgan fingerprint density at radius 3 is 2.60 bits per heavy atom. The van der Waals surface area contributed by atoms with Crippen molar-refractivity contribution < 1.29 is 19.0 Å². The van der Waals surface area contributed by atoms with Crippen LogP contribution in [0.2, 0.25) is 5.02 Å². The van der Waals surface area contributed by atoms with E-state index < -0.39 is 5.97 Å². The van der Waals surface area contributed by atoms with Gasteiger partial charge in [0.25, 0.3) is 5.56 Å². The first-order valence-electron chi connectivity index (χ1n) is 10.9. The van der Waals surface area contributed by atoms with Crippen LogP contribution in [0.1, 0.15) is 45.0 Å². The molecule has 3 rings (SSSR count). The summed E-state index contributed by atoms with van der Waals surface area (Å²) in [4.78, 5) is 29.7. The first kappa shape index (κ1) is 27.2. The molecular weight excluding hydrogens is 606 g/mol. The number of hydrogen-bond donors (Lipinski definition) is 0. The Morgan fingerprint density at radius 2 is 1.94 bits per heavy atom. The highest BCUT2D eigenvalue weighted by Gasteiger charge is 2.19. The number of aromatic nitrogens is 2. The third kappa shape index (κ3) is 6.23. The molecule has 0 unspecified atom stereocenters. The molecule has 1 heterocycles. The maximum absolute atomic E-state index is 13.3. The van der Waals surface area contributed by atoms with Crippen molar-refractivity contribution >= 4 is 66.5 Å². The topological polar surface area (TPSA) is 92.0 Å². The Balaban J connectivity index is 2.08. The van der Waals surface area contributed by atoms with Crippen LogP contribution in [0.25, 0.3) is 10.9 Å². The Hall–Kier alpha value is -2.43. The van der Waals surface area contributed by atoms with Crippen molar-refractivity contribution in [3.8, 4) is 11.5 Å². The van der Waals surface area contributed by atoms with E-state index in [9.17, 15) is 9.59 Å². The summed E-state index contributed by atoms with van der Waals surface area (Å²) in [6.07, 6.45) is 1.49. The van der Waals surface area contributed by atoms with Crippen molar-refractivity contribution in [3.05, 3.63) is 60.0 Å². The first-order chi connectivity index (χ1) is 16.7. The molecule has 11 heteroatoms. The Bertz CT molecular complexity index is 1340. The number of carbonyl (C=O) groups excluding carboxylic acids is 1. The number of benzene rings is 2. The van der Waals surface area contributed by atoms with Gasteiger partial charge >= 0.3 is 5.97 Å². The highest BCUT2D eigenvalue weighted by Crippen LogP contribution is 2.42. The molecular formula is C24H24Br2ClN3O5. The van der Waals surface area contributed by atoms with Crippen molar-refractivity contribution in [1.29, 1.82) is 0 Å². The van der Waals surface area contributed by atoms with Gasteiger partial charge in [0.2, 0.25) is 0 Å². The number of fused-ring (bicyclic) bond motifs is 1. The molecule has 0 fully saturated rings. The molecule has 2 aromatic carbocycles. The van der Waals surface area contributed by atoms with E-state index in [-0.39, 0.29) is 35.5 Å². The van der Waals surface area contributed by atoms with Crippen molar-refractivity contribution in [3.63, 3.8) is 0 Å². The van der Waals surface area contributed by atoms with E-state index in [2.05, 4.69) is 41.9 Å². The minimum Gasteiger partial charge on any atom is -0.490 e. The third-order valence-electron chi connectivity index (χ3n) is 4.76. The minimum atomic E-state index is -0.524. The lowest BCUT2D eigenvalue weighted by atomic mass is 10.2. The zero-order chi connectivity index (χ0) is 25.7. The standard InChI is InChI=1S/C24H24Br2ClN3O5/c1-5-33-18-9-14(20(26)21(27)22(18)35-12-19(31)34-6-2)11-28-30-23(13(3)4)29-17-8-7-15(25)10-16(17)24(30)32/h7-11,13H,5-6,12H2,1-4H3. The second kappa shape index (κ2) is 12.0. The predicted octanol–water partition coefficient (Wildman–Crippen LogP) is 5.92. The minimum absolute atomic E-state index is 0.0578. The Kier molecular flexibility index (Phi) is 9.32. The van der Waals surface area contributed by atoms with Gasteiger partial charge < -0.3 is 14.2 Å². The molecule has 3 aromatic rings. The van der Waals surface area contributed by atoms with E-state index in [1.165, 1.54) is 10.9 Å². The number of carbonyl (C=O) groups is 1. The predicted molar refractivity (Wildman–Crippen MR) is 143 cm³/mol. The number of hydrogen-bond acceptors (Lipinski definition) is 7. The molecule has 0 bridgehead atoms. The van der Waals surface area contributed by atoms with Crippen LogP contribution in [0.4, 0.5) is 0 Å². The lowest BCUT2D eigenvalue weighted by molar-refractivity contribution is -0.145. The van der Waals surface area contributed by atoms with Gasteiger partial charge in [0.1, 0.15) is 10.8 Å². The van der Waals surface area contributed by atoms with Gasteiger partial charge in [0.05, 0.1) is 30.3 Å². The molecule has 0 aliphatic carbocycles. The van der Waals surface area contributed by atoms with E-state index in [4.69, 9.17) is 25.8 Å². The van der Waals surface area contributed by atoms with Gasteiger partial charge in [-0.25, -0.2) is 9.78 Å². The molecule has 0 spiro atoms. The lowest BCUT2D eigenvalue weighted by Crippen LogP contribution is -2.23. The van der Waals surface area contributed by atoms with Crippen LogP contribution >= 0.6 is 43.5 Å². The number of rotatable bonds is 9. The summed E-state index contributed by atoms with van der Waals surface area (Å²) in [6, 6.07) is 7.01. The zero-order valence-electron chi connectivity index (χ0n) is 19.6.